The lowest BCUT2D eigenvalue weighted by Crippen LogP contribution is -1.99. The van der Waals surface area contributed by atoms with Crippen LogP contribution < -0.4 is 4.74 Å². The Hall–Kier alpha value is -1.90. The number of hydrogen-bond acceptors (Lipinski definition) is 3. The summed E-state index contributed by atoms with van der Waals surface area (Å²) >= 11 is 0. The van der Waals surface area contributed by atoms with E-state index in [1.807, 2.05) is 13.1 Å². The van der Waals surface area contributed by atoms with Crippen LogP contribution in [0, 0.1) is 20.8 Å². The molecule has 0 N–H and O–H groups in total. The highest BCUT2D eigenvalue weighted by Crippen LogP contribution is 2.30. The van der Waals surface area contributed by atoms with Gasteiger partial charge in [-0.15, -0.1) is 0 Å². The number of nitrogens with zero attached hydrogens (tertiary/aromatic N) is 2. The quantitative estimate of drug-likeness (QED) is 0.841. The third kappa shape index (κ3) is 2.60. The summed E-state index contributed by atoms with van der Waals surface area (Å²) in [6, 6.07) is 4.26. The molecule has 0 aliphatic carbocycles. The molecule has 0 saturated carbocycles. The molecule has 2 aromatic rings. The first-order valence-corrected chi connectivity index (χ1v) is 6.55. The van der Waals surface area contributed by atoms with Crippen molar-refractivity contribution in [1.82, 2.24) is 9.97 Å². The summed E-state index contributed by atoms with van der Waals surface area (Å²) in [5.74, 6) is 1.76. The smallest absolute Gasteiger partial charge is 0.125 e. The van der Waals surface area contributed by atoms with E-state index in [4.69, 9.17) is 4.74 Å². The van der Waals surface area contributed by atoms with Gasteiger partial charge < -0.3 is 4.74 Å². The van der Waals surface area contributed by atoms with Gasteiger partial charge in [0.05, 0.1) is 12.8 Å². The van der Waals surface area contributed by atoms with Gasteiger partial charge in [-0.2, -0.15) is 0 Å². The molecule has 0 aliphatic heterocycles. The first-order chi connectivity index (χ1) is 9.06. The predicted octanol–water partition coefficient (Wildman–Crippen LogP) is 3.64. The Morgan fingerprint density at radius 3 is 2.26 bits per heavy atom. The van der Waals surface area contributed by atoms with Crippen LogP contribution in [0.2, 0.25) is 0 Å². The second-order valence-corrected chi connectivity index (χ2v) is 4.79. The third-order valence-electron chi connectivity index (χ3n) is 3.30. The Labute approximate surface area is 114 Å². The van der Waals surface area contributed by atoms with E-state index >= 15 is 0 Å². The van der Waals surface area contributed by atoms with Gasteiger partial charge in [0.15, 0.2) is 0 Å². The van der Waals surface area contributed by atoms with Gasteiger partial charge >= 0.3 is 0 Å². The molecule has 19 heavy (non-hydrogen) atoms. The highest BCUT2D eigenvalue weighted by Gasteiger charge is 2.11. The molecular formula is C16H20N2O. The minimum absolute atomic E-state index is 0.804. The number of ether oxygens (including phenoxy) is 1. The molecule has 0 amide bonds. The van der Waals surface area contributed by atoms with Crippen molar-refractivity contribution >= 4 is 0 Å². The number of aryl methyl sites for hydroxylation is 4. The molecule has 0 fully saturated rings. The summed E-state index contributed by atoms with van der Waals surface area (Å²) in [6.45, 7) is 8.18. The first kappa shape index (κ1) is 13.5. The van der Waals surface area contributed by atoms with Crippen molar-refractivity contribution < 1.29 is 4.74 Å². The average molecular weight is 256 g/mol. The fraction of sp³-hybridized carbons (Fsp3) is 0.375. The maximum Gasteiger partial charge on any atom is 0.125 e. The Bertz CT molecular complexity index is 583. The molecule has 100 valence electrons. The summed E-state index contributed by atoms with van der Waals surface area (Å²) in [5.41, 5.74) is 5.61. The lowest BCUT2D eigenvalue weighted by molar-refractivity contribution is 0.408. The van der Waals surface area contributed by atoms with E-state index in [0.29, 0.717) is 0 Å². The standard InChI is InChI=1S/C16H20N2O/c1-6-13-9-17-12(4)18-15(13)14-7-10(2)16(19-5)11(3)8-14/h7-9H,6H2,1-5H3. The average Bonchev–Trinajstić information content (AvgIpc) is 2.38. The number of rotatable bonds is 3. The monoisotopic (exact) mass is 256 g/mol. The minimum atomic E-state index is 0.804. The van der Waals surface area contributed by atoms with Crippen molar-refractivity contribution in [3.63, 3.8) is 0 Å². The summed E-state index contributed by atoms with van der Waals surface area (Å²) in [4.78, 5) is 8.88. The number of methoxy groups -OCH3 is 1. The van der Waals surface area contributed by atoms with Crippen LogP contribution in [0.15, 0.2) is 18.3 Å². The molecule has 0 radical (unpaired) electrons. The highest BCUT2D eigenvalue weighted by atomic mass is 16.5. The van der Waals surface area contributed by atoms with Crippen molar-refractivity contribution in [2.45, 2.75) is 34.1 Å². The van der Waals surface area contributed by atoms with Gasteiger partial charge in [0.1, 0.15) is 11.6 Å². The Balaban J connectivity index is 2.62. The summed E-state index contributed by atoms with van der Waals surface area (Å²) in [6.07, 6.45) is 2.85. The number of aromatic nitrogens is 2. The predicted molar refractivity (Wildman–Crippen MR) is 77.6 cm³/mol. The van der Waals surface area contributed by atoms with Gasteiger partial charge in [0.25, 0.3) is 0 Å². The molecule has 2 rings (SSSR count). The van der Waals surface area contributed by atoms with Gasteiger partial charge in [-0.25, -0.2) is 9.97 Å². The van der Waals surface area contributed by atoms with E-state index in [2.05, 4.69) is 42.9 Å². The third-order valence-corrected chi connectivity index (χ3v) is 3.30. The summed E-state index contributed by atoms with van der Waals surface area (Å²) < 4.78 is 5.41. The van der Waals surface area contributed by atoms with Gasteiger partial charge in [-0.05, 0) is 56.0 Å². The van der Waals surface area contributed by atoms with E-state index < -0.39 is 0 Å². The molecular weight excluding hydrogens is 236 g/mol. The molecule has 0 atom stereocenters. The molecule has 0 unspecified atom stereocenters. The Morgan fingerprint density at radius 2 is 1.74 bits per heavy atom. The topological polar surface area (TPSA) is 35.0 Å². The van der Waals surface area contributed by atoms with E-state index in [9.17, 15) is 0 Å². The molecule has 0 aliphatic rings. The van der Waals surface area contributed by atoms with Crippen molar-refractivity contribution in [1.29, 1.82) is 0 Å². The van der Waals surface area contributed by atoms with Crippen LogP contribution in [0.3, 0.4) is 0 Å². The van der Waals surface area contributed by atoms with E-state index in [1.165, 1.54) is 5.56 Å². The van der Waals surface area contributed by atoms with E-state index in [1.54, 1.807) is 7.11 Å². The molecule has 1 aromatic heterocycles. The fourth-order valence-electron chi connectivity index (χ4n) is 2.41. The lowest BCUT2D eigenvalue weighted by Gasteiger charge is -2.13. The lowest BCUT2D eigenvalue weighted by atomic mass is 10.00. The van der Waals surface area contributed by atoms with Gasteiger partial charge in [-0.1, -0.05) is 6.92 Å². The second kappa shape index (κ2) is 5.39. The van der Waals surface area contributed by atoms with Crippen LogP contribution in [0.5, 0.6) is 5.75 Å². The molecule has 1 heterocycles. The van der Waals surface area contributed by atoms with Gasteiger partial charge in [0, 0.05) is 11.8 Å². The maximum absolute atomic E-state index is 5.41. The van der Waals surface area contributed by atoms with Crippen molar-refractivity contribution in [3.05, 3.63) is 40.8 Å². The molecule has 0 saturated heterocycles. The van der Waals surface area contributed by atoms with Crippen LogP contribution in [0.4, 0.5) is 0 Å². The van der Waals surface area contributed by atoms with E-state index in [0.717, 1.165) is 40.4 Å². The molecule has 0 bridgehead atoms. The zero-order valence-electron chi connectivity index (χ0n) is 12.2. The molecule has 3 heteroatoms. The zero-order valence-corrected chi connectivity index (χ0v) is 12.2. The largest absolute Gasteiger partial charge is 0.496 e. The first-order valence-electron chi connectivity index (χ1n) is 6.55. The van der Waals surface area contributed by atoms with Crippen molar-refractivity contribution in [3.8, 4) is 17.0 Å². The Kier molecular flexibility index (Phi) is 3.84. The highest BCUT2D eigenvalue weighted by molar-refractivity contribution is 5.66. The molecule has 1 aromatic carbocycles. The summed E-state index contributed by atoms with van der Waals surface area (Å²) in [5, 5.41) is 0. The fourth-order valence-corrected chi connectivity index (χ4v) is 2.41. The number of hydrogen-bond donors (Lipinski definition) is 0. The SMILES string of the molecule is CCc1cnc(C)nc1-c1cc(C)c(OC)c(C)c1. The minimum Gasteiger partial charge on any atom is -0.496 e. The van der Waals surface area contributed by atoms with Crippen LogP contribution in [-0.4, -0.2) is 17.1 Å². The van der Waals surface area contributed by atoms with Crippen LogP contribution >= 0.6 is 0 Å². The second-order valence-electron chi connectivity index (χ2n) is 4.79. The number of benzene rings is 1. The maximum atomic E-state index is 5.41. The van der Waals surface area contributed by atoms with Gasteiger partial charge in [0.2, 0.25) is 0 Å². The van der Waals surface area contributed by atoms with Gasteiger partial charge in [-0.3, -0.25) is 0 Å². The van der Waals surface area contributed by atoms with E-state index in [-0.39, 0.29) is 0 Å². The van der Waals surface area contributed by atoms with Crippen LogP contribution in [0.1, 0.15) is 29.4 Å². The summed E-state index contributed by atoms with van der Waals surface area (Å²) in [7, 11) is 1.71. The van der Waals surface area contributed by atoms with Crippen LogP contribution in [0.25, 0.3) is 11.3 Å². The molecule has 3 nitrogen and oxygen atoms in total. The molecule has 0 spiro atoms. The van der Waals surface area contributed by atoms with Crippen molar-refractivity contribution in [2.75, 3.05) is 7.11 Å². The van der Waals surface area contributed by atoms with Crippen molar-refractivity contribution in [2.24, 2.45) is 0 Å². The van der Waals surface area contributed by atoms with Crippen LogP contribution in [-0.2, 0) is 6.42 Å². The Morgan fingerprint density at radius 1 is 1.11 bits per heavy atom. The zero-order chi connectivity index (χ0) is 14.0. The normalized spacial score (nSPS) is 10.6.